The molecular formula is C14H17F3O2. The third-order valence-corrected chi connectivity index (χ3v) is 3.25. The number of carbonyl (C=O) groups excluding carboxylic acids is 1. The second-order valence-corrected chi connectivity index (χ2v) is 4.65. The molecule has 0 heterocycles. The monoisotopic (exact) mass is 274 g/mol. The van der Waals surface area contributed by atoms with E-state index < -0.39 is 23.3 Å². The van der Waals surface area contributed by atoms with Crippen molar-refractivity contribution in [3.05, 3.63) is 34.9 Å². The molecule has 1 rings (SSSR count). The van der Waals surface area contributed by atoms with Gasteiger partial charge in [-0.1, -0.05) is 19.1 Å². The molecule has 106 valence electrons. The lowest BCUT2D eigenvalue weighted by atomic mass is 9.87. The summed E-state index contributed by atoms with van der Waals surface area (Å²) < 4.78 is 43.8. The second kappa shape index (κ2) is 5.23. The number of alkyl halides is 3. The summed E-state index contributed by atoms with van der Waals surface area (Å²) in [5.74, 6) is -0.513. The molecule has 1 atom stereocenters. The quantitative estimate of drug-likeness (QED) is 0.772. The summed E-state index contributed by atoms with van der Waals surface area (Å²) in [5.41, 5.74) is -1.26. The van der Waals surface area contributed by atoms with Crippen LogP contribution in [-0.4, -0.2) is 5.97 Å². The van der Waals surface area contributed by atoms with Crippen LogP contribution in [0.1, 0.15) is 43.9 Å². The smallest absolute Gasteiger partial charge is 0.416 e. The van der Waals surface area contributed by atoms with Crippen molar-refractivity contribution in [2.24, 2.45) is 0 Å². The van der Waals surface area contributed by atoms with Crippen molar-refractivity contribution in [2.45, 2.75) is 45.9 Å². The molecule has 1 unspecified atom stereocenters. The van der Waals surface area contributed by atoms with Gasteiger partial charge in [0.25, 0.3) is 0 Å². The highest BCUT2D eigenvalue weighted by Crippen LogP contribution is 2.38. The Labute approximate surface area is 110 Å². The fraction of sp³-hybridized carbons (Fsp3) is 0.500. The molecule has 0 saturated carbocycles. The number of halogens is 3. The van der Waals surface area contributed by atoms with Gasteiger partial charge in [-0.25, -0.2) is 0 Å². The van der Waals surface area contributed by atoms with Crippen molar-refractivity contribution in [1.29, 1.82) is 0 Å². The zero-order valence-corrected chi connectivity index (χ0v) is 11.4. The lowest BCUT2D eigenvalue weighted by Crippen LogP contribution is -2.29. The van der Waals surface area contributed by atoms with Crippen LogP contribution in [0.5, 0.6) is 0 Å². The van der Waals surface area contributed by atoms with E-state index in [1.807, 2.05) is 0 Å². The maximum Gasteiger partial charge on any atom is 0.416 e. The molecule has 1 aromatic carbocycles. The molecule has 0 amide bonds. The highest BCUT2D eigenvalue weighted by Gasteiger charge is 2.37. The molecule has 0 aliphatic carbocycles. The Morgan fingerprint density at radius 1 is 1.26 bits per heavy atom. The predicted octanol–water partition coefficient (Wildman–Crippen LogP) is 4.20. The van der Waals surface area contributed by atoms with Gasteiger partial charge in [0.2, 0.25) is 0 Å². The average Bonchev–Trinajstić information content (AvgIpc) is 2.26. The summed E-state index contributed by atoms with van der Waals surface area (Å²) in [7, 11) is 0. The first-order valence-electron chi connectivity index (χ1n) is 5.98. The molecular weight excluding hydrogens is 257 g/mol. The van der Waals surface area contributed by atoms with Gasteiger partial charge in [-0.2, -0.15) is 13.2 Å². The highest BCUT2D eigenvalue weighted by molar-refractivity contribution is 5.67. The highest BCUT2D eigenvalue weighted by atomic mass is 19.4. The number of ether oxygens (including phenoxy) is 1. The first kappa shape index (κ1) is 15.5. The van der Waals surface area contributed by atoms with Gasteiger partial charge in [0.15, 0.2) is 0 Å². The summed E-state index contributed by atoms with van der Waals surface area (Å²) in [6.45, 7) is 6.03. The van der Waals surface area contributed by atoms with Gasteiger partial charge in [-0.3, -0.25) is 4.79 Å². The Kier molecular flexibility index (Phi) is 4.28. The van der Waals surface area contributed by atoms with E-state index in [-0.39, 0.29) is 5.56 Å². The molecule has 0 aliphatic heterocycles. The molecule has 1 aromatic rings. The molecule has 0 fully saturated rings. The number of esters is 1. The topological polar surface area (TPSA) is 26.3 Å². The predicted molar refractivity (Wildman–Crippen MR) is 65.6 cm³/mol. The van der Waals surface area contributed by atoms with E-state index in [1.54, 1.807) is 19.9 Å². The molecule has 0 spiro atoms. The molecule has 0 aliphatic rings. The second-order valence-electron chi connectivity index (χ2n) is 4.65. The van der Waals surface area contributed by atoms with Gasteiger partial charge in [0.1, 0.15) is 5.60 Å². The van der Waals surface area contributed by atoms with Crippen molar-refractivity contribution in [2.75, 3.05) is 0 Å². The Balaban J connectivity index is 3.38. The first-order valence-corrected chi connectivity index (χ1v) is 5.98. The summed E-state index contributed by atoms with van der Waals surface area (Å²) >= 11 is 0. The lowest BCUT2D eigenvalue weighted by molar-refractivity contribution is -0.156. The maximum absolute atomic E-state index is 12.9. The minimum Gasteiger partial charge on any atom is -0.455 e. The van der Waals surface area contributed by atoms with Gasteiger partial charge >= 0.3 is 12.1 Å². The SMILES string of the molecule is CCC(C)(OC(C)=O)c1cccc(C(F)(F)F)c1C. The summed E-state index contributed by atoms with van der Waals surface area (Å²) in [5, 5.41) is 0. The van der Waals surface area contributed by atoms with Gasteiger partial charge in [-0.05, 0) is 37.5 Å². The van der Waals surface area contributed by atoms with E-state index in [2.05, 4.69) is 0 Å². The molecule has 0 aromatic heterocycles. The number of carbonyl (C=O) groups is 1. The fourth-order valence-corrected chi connectivity index (χ4v) is 2.15. The van der Waals surface area contributed by atoms with Crippen LogP contribution >= 0.6 is 0 Å². The number of hydrogen-bond acceptors (Lipinski definition) is 2. The van der Waals surface area contributed by atoms with Crippen LogP contribution in [0.4, 0.5) is 13.2 Å². The Hall–Kier alpha value is -1.52. The van der Waals surface area contributed by atoms with Crippen molar-refractivity contribution in [1.82, 2.24) is 0 Å². The fourth-order valence-electron chi connectivity index (χ4n) is 2.15. The van der Waals surface area contributed by atoms with Gasteiger partial charge in [0, 0.05) is 6.92 Å². The summed E-state index contributed by atoms with van der Waals surface area (Å²) in [4.78, 5) is 11.1. The summed E-state index contributed by atoms with van der Waals surface area (Å²) in [6.07, 6.45) is -4.01. The Morgan fingerprint density at radius 2 is 1.79 bits per heavy atom. The minimum atomic E-state index is -4.41. The third kappa shape index (κ3) is 3.28. The average molecular weight is 274 g/mol. The number of hydrogen-bond donors (Lipinski definition) is 0. The number of rotatable bonds is 3. The van der Waals surface area contributed by atoms with E-state index in [9.17, 15) is 18.0 Å². The molecule has 0 saturated heterocycles. The van der Waals surface area contributed by atoms with Crippen LogP contribution in [0.3, 0.4) is 0 Å². The van der Waals surface area contributed by atoms with E-state index in [0.717, 1.165) is 6.07 Å². The van der Waals surface area contributed by atoms with Crippen molar-refractivity contribution < 1.29 is 22.7 Å². The largest absolute Gasteiger partial charge is 0.455 e. The van der Waals surface area contributed by atoms with Crippen LogP contribution in [-0.2, 0) is 21.3 Å². The summed E-state index contributed by atoms with van der Waals surface area (Å²) in [6, 6.07) is 3.93. The van der Waals surface area contributed by atoms with Crippen LogP contribution in [0.15, 0.2) is 18.2 Å². The standard InChI is InChI=1S/C14H17F3O2/c1-5-13(4,19-10(3)18)11-7-6-8-12(9(11)2)14(15,16)17/h6-8H,5H2,1-4H3. The van der Waals surface area contributed by atoms with E-state index in [4.69, 9.17) is 4.74 Å². The van der Waals surface area contributed by atoms with Crippen LogP contribution in [0, 0.1) is 6.92 Å². The van der Waals surface area contributed by atoms with Gasteiger partial charge in [-0.15, -0.1) is 0 Å². The van der Waals surface area contributed by atoms with Crippen molar-refractivity contribution in [3.63, 3.8) is 0 Å². The van der Waals surface area contributed by atoms with Gasteiger partial charge < -0.3 is 4.74 Å². The third-order valence-electron chi connectivity index (χ3n) is 3.25. The van der Waals surface area contributed by atoms with Crippen molar-refractivity contribution >= 4 is 5.97 Å². The zero-order chi connectivity index (χ0) is 14.8. The van der Waals surface area contributed by atoms with Gasteiger partial charge in [0.05, 0.1) is 5.56 Å². The molecule has 19 heavy (non-hydrogen) atoms. The molecule has 0 bridgehead atoms. The first-order chi connectivity index (χ1) is 8.62. The number of benzene rings is 1. The Morgan fingerprint density at radius 3 is 2.21 bits per heavy atom. The Bertz CT molecular complexity index is 480. The van der Waals surface area contributed by atoms with Crippen LogP contribution < -0.4 is 0 Å². The molecule has 5 heteroatoms. The lowest BCUT2D eigenvalue weighted by Gasteiger charge is -2.31. The molecule has 0 N–H and O–H groups in total. The van der Waals surface area contributed by atoms with E-state index in [1.165, 1.54) is 19.9 Å². The van der Waals surface area contributed by atoms with E-state index in [0.29, 0.717) is 12.0 Å². The van der Waals surface area contributed by atoms with Crippen LogP contribution in [0.2, 0.25) is 0 Å². The van der Waals surface area contributed by atoms with E-state index >= 15 is 0 Å². The molecule has 2 nitrogen and oxygen atoms in total. The van der Waals surface area contributed by atoms with Crippen molar-refractivity contribution in [3.8, 4) is 0 Å². The molecule has 0 radical (unpaired) electrons. The maximum atomic E-state index is 12.9. The normalized spacial score (nSPS) is 14.9. The zero-order valence-electron chi connectivity index (χ0n) is 11.4. The minimum absolute atomic E-state index is 0.0978. The van der Waals surface area contributed by atoms with Crippen LogP contribution in [0.25, 0.3) is 0 Å².